The molecule has 0 unspecified atom stereocenters. The van der Waals surface area contributed by atoms with E-state index in [2.05, 4.69) is 26.4 Å². The lowest BCUT2D eigenvalue weighted by molar-refractivity contribution is -0.0174. The van der Waals surface area contributed by atoms with Crippen molar-refractivity contribution in [2.75, 3.05) is 12.5 Å². The van der Waals surface area contributed by atoms with Gasteiger partial charge < -0.3 is 0 Å². The van der Waals surface area contributed by atoms with Crippen molar-refractivity contribution in [2.24, 2.45) is 0 Å². The number of hydrogen-bond acceptors (Lipinski definition) is 6. The molecule has 10 heteroatoms. The van der Waals surface area contributed by atoms with Crippen LogP contribution < -0.4 is 10.9 Å². The van der Waals surface area contributed by atoms with Gasteiger partial charge in [-0.2, -0.15) is 5.21 Å². The zero-order valence-corrected chi connectivity index (χ0v) is 10.7. The maximum atomic E-state index is 11.1. The van der Waals surface area contributed by atoms with Gasteiger partial charge in [-0.05, 0) is 30.4 Å². The molecule has 2 aromatic rings. The van der Waals surface area contributed by atoms with E-state index in [0.717, 1.165) is 0 Å². The molecule has 0 spiro atoms. The quantitative estimate of drug-likeness (QED) is 0.374. The van der Waals surface area contributed by atoms with Gasteiger partial charge in [-0.3, -0.25) is 10.6 Å². The monoisotopic (exact) mass is 281 g/mol. The lowest BCUT2D eigenvalue weighted by Crippen LogP contribution is -2.38. The molecule has 0 saturated carbocycles. The summed E-state index contributed by atoms with van der Waals surface area (Å²) in [5, 5.41) is 19.2. The number of amides is 2. The number of hydrazine groups is 1. The summed E-state index contributed by atoms with van der Waals surface area (Å²) in [5.41, 5.74) is 6.24. The molecule has 0 saturated heterocycles. The van der Waals surface area contributed by atoms with Crippen LogP contribution >= 0.6 is 12.2 Å². The summed E-state index contributed by atoms with van der Waals surface area (Å²) in [6.07, 6.45) is 0. The Hall–Kier alpha value is -2.46. The molecule has 0 aliphatic heterocycles. The van der Waals surface area contributed by atoms with Gasteiger partial charge in [0.05, 0.1) is 11.4 Å². The smallest absolute Gasteiger partial charge is 0.297 e. The van der Waals surface area contributed by atoms with Crippen LogP contribution in [-0.4, -0.2) is 43.6 Å². The van der Waals surface area contributed by atoms with E-state index >= 15 is 0 Å². The molecule has 4 N–H and O–H groups in total. The molecule has 1 aromatic carbocycles. The van der Waals surface area contributed by atoms with Crippen LogP contribution in [0.4, 0.5) is 10.5 Å². The van der Waals surface area contributed by atoms with Crippen molar-refractivity contribution in [2.45, 2.75) is 0 Å². The average Bonchev–Trinajstić information content (AvgIpc) is 2.82. The number of rotatable bonds is 3. The Morgan fingerprint density at radius 1 is 1.58 bits per heavy atom. The van der Waals surface area contributed by atoms with Crippen LogP contribution in [0.5, 0.6) is 0 Å². The van der Waals surface area contributed by atoms with Gasteiger partial charge >= 0.3 is 6.03 Å². The minimum Gasteiger partial charge on any atom is -0.297 e. The number of carbonyl (C=O) groups excluding carboxylic acids is 1. The average molecular weight is 281 g/mol. The first-order valence-corrected chi connectivity index (χ1v) is 5.58. The summed E-state index contributed by atoms with van der Waals surface area (Å²) in [6, 6.07) is 6.31. The molecule has 0 bridgehead atoms. The third-order valence-corrected chi connectivity index (χ3v) is 2.45. The van der Waals surface area contributed by atoms with Crippen LogP contribution in [0.15, 0.2) is 24.3 Å². The van der Waals surface area contributed by atoms with E-state index < -0.39 is 6.03 Å². The molecule has 0 fully saturated rings. The molecule has 2 rings (SSSR count). The van der Waals surface area contributed by atoms with Crippen LogP contribution in [0, 0.1) is 4.77 Å². The summed E-state index contributed by atoms with van der Waals surface area (Å²) < 4.78 is 1.79. The van der Waals surface area contributed by atoms with Crippen molar-refractivity contribution in [3.05, 3.63) is 29.0 Å². The number of aromatic amines is 1. The van der Waals surface area contributed by atoms with Crippen molar-refractivity contribution in [1.82, 2.24) is 30.7 Å². The first-order chi connectivity index (χ1) is 9.08. The lowest BCUT2D eigenvalue weighted by atomic mass is 10.3. The highest BCUT2D eigenvalue weighted by atomic mass is 32.1. The fourth-order valence-corrected chi connectivity index (χ4v) is 1.48. The van der Waals surface area contributed by atoms with Gasteiger partial charge in [0.25, 0.3) is 0 Å². The standard InChI is InChI=1S/C9H11N7O2S/c1-15(18)8(17)11-10-6-3-2-4-7(5-6)16-9(19)12-13-14-16/h2-5,10,18H,1H3,(H,11,17)(H,12,14,19). The predicted molar refractivity (Wildman–Crippen MR) is 68.2 cm³/mol. The molecule has 2 amide bonds. The molecular weight excluding hydrogens is 270 g/mol. The van der Waals surface area contributed by atoms with E-state index in [1.807, 2.05) is 0 Å². The number of carbonyl (C=O) groups is 1. The number of nitrogens with one attached hydrogen (secondary N) is 3. The molecule has 100 valence electrons. The number of benzene rings is 1. The minimum absolute atomic E-state index is 0.288. The number of hydrogen-bond donors (Lipinski definition) is 4. The predicted octanol–water partition coefficient (Wildman–Crippen LogP) is 0.682. The number of nitrogens with zero attached hydrogens (tertiary/aromatic N) is 4. The second-order valence-electron chi connectivity index (χ2n) is 3.55. The number of tetrazole rings is 1. The van der Waals surface area contributed by atoms with Crippen LogP contribution in [0.1, 0.15) is 0 Å². The zero-order valence-electron chi connectivity index (χ0n) is 9.86. The summed E-state index contributed by atoms with van der Waals surface area (Å²) >= 11 is 4.98. The number of aromatic nitrogens is 4. The number of urea groups is 1. The third kappa shape index (κ3) is 3.05. The topological polar surface area (TPSA) is 111 Å². The molecule has 0 radical (unpaired) electrons. The second kappa shape index (κ2) is 5.46. The van der Waals surface area contributed by atoms with Gasteiger partial charge in [0.15, 0.2) is 0 Å². The summed E-state index contributed by atoms with van der Waals surface area (Å²) in [7, 11) is 1.21. The Morgan fingerprint density at radius 3 is 3.00 bits per heavy atom. The molecule has 9 nitrogen and oxygen atoms in total. The zero-order chi connectivity index (χ0) is 13.8. The molecule has 1 aromatic heterocycles. The number of H-pyrrole nitrogens is 1. The van der Waals surface area contributed by atoms with Gasteiger partial charge in [-0.25, -0.2) is 20.0 Å². The van der Waals surface area contributed by atoms with E-state index in [9.17, 15) is 4.79 Å². The highest BCUT2D eigenvalue weighted by molar-refractivity contribution is 7.71. The maximum Gasteiger partial charge on any atom is 0.359 e. The van der Waals surface area contributed by atoms with E-state index in [-0.39, 0.29) is 4.77 Å². The Balaban J connectivity index is 2.14. The Labute approximate surface area is 112 Å². The van der Waals surface area contributed by atoms with Crippen LogP contribution in [0.2, 0.25) is 0 Å². The van der Waals surface area contributed by atoms with E-state index in [4.69, 9.17) is 17.4 Å². The lowest BCUT2D eigenvalue weighted by Gasteiger charge is -2.12. The van der Waals surface area contributed by atoms with Crippen LogP contribution in [0.25, 0.3) is 5.69 Å². The second-order valence-corrected chi connectivity index (χ2v) is 3.91. The summed E-state index contributed by atoms with van der Waals surface area (Å²) in [5.74, 6) is 0. The fraction of sp³-hybridized carbons (Fsp3) is 0.111. The van der Waals surface area contributed by atoms with Crippen molar-refractivity contribution in [1.29, 1.82) is 0 Å². The molecule has 0 atom stereocenters. The van der Waals surface area contributed by atoms with Crippen LogP contribution in [0.3, 0.4) is 0 Å². The number of anilines is 1. The van der Waals surface area contributed by atoms with Gasteiger partial charge in [0, 0.05) is 7.05 Å². The highest BCUT2D eigenvalue weighted by Crippen LogP contribution is 2.12. The van der Waals surface area contributed by atoms with Gasteiger partial charge in [0.2, 0.25) is 4.77 Å². The van der Waals surface area contributed by atoms with E-state index in [1.54, 1.807) is 24.3 Å². The van der Waals surface area contributed by atoms with Crippen molar-refractivity contribution in [3.63, 3.8) is 0 Å². The van der Waals surface area contributed by atoms with E-state index in [1.165, 1.54) is 11.7 Å². The SMILES string of the molecule is CN(O)C(=O)NNc1cccc(-n2[nH]nnc2=S)c1. The van der Waals surface area contributed by atoms with Crippen molar-refractivity contribution < 1.29 is 10.0 Å². The van der Waals surface area contributed by atoms with Gasteiger partial charge in [-0.1, -0.05) is 16.4 Å². The fourth-order valence-electron chi connectivity index (χ4n) is 1.29. The first kappa shape index (κ1) is 13.0. The Kier molecular flexibility index (Phi) is 3.73. The van der Waals surface area contributed by atoms with Crippen LogP contribution in [-0.2, 0) is 0 Å². The number of hydroxylamine groups is 2. The maximum absolute atomic E-state index is 11.1. The first-order valence-electron chi connectivity index (χ1n) is 5.17. The summed E-state index contributed by atoms with van der Waals surface area (Å²) in [6.45, 7) is 0. The van der Waals surface area contributed by atoms with Crippen molar-refractivity contribution in [3.8, 4) is 5.69 Å². The molecule has 1 heterocycles. The molecule has 0 aliphatic carbocycles. The Bertz CT molecular complexity index is 635. The largest absolute Gasteiger partial charge is 0.359 e. The summed E-state index contributed by atoms with van der Waals surface area (Å²) in [4.78, 5) is 11.1. The normalized spacial score (nSPS) is 10.0. The third-order valence-electron chi connectivity index (χ3n) is 2.18. The van der Waals surface area contributed by atoms with Gasteiger partial charge in [0.1, 0.15) is 0 Å². The highest BCUT2D eigenvalue weighted by Gasteiger charge is 2.05. The van der Waals surface area contributed by atoms with E-state index in [0.29, 0.717) is 16.4 Å². The minimum atomic E-state index is -0.690. The van der Waals surface area contributed by atoms with Crippen molar-refractivity contribution >= 4 is 23.9 Å². The molecular formula is C9H11N7O2S. The van der Waals surface area contributed by atoms with Gasteiger partial charge in [-0.15, -0.1) is 0 Å². The molecule has 0 aliphatic rings. The Morgan fingerprint density at radius 2 is 2.37 bits per heavy atom. The molecule has 19 heavy (non-hydrogen) atoms.